The first kappa shape index (κ1) is 17.7. The molecule has 0 saturated heterocycles. The molecule has 116 valence electrons. The molecule has 0 atom stereocenters. The second-order valence-corrected chi connectivity index (χ2v) is 5.97. The Hall–Kier alpha value is -1.31. The van der Waals surface area contributed by atoms with Crippen molar-refractivity contribution in [1.82, 2.24) is 5.32 Å². The smallest absolute Gasteiger partial charge is 0.319 e. The van der Waals surface area contributed by atoms with Crippen molar-refractivity contribution in [3.63, 3.8) is 0 Å². The zero-order chi connectivity index (χ0) is 15.7. The number of carbonyl (C=O) groups excluding carboxylic acids is 2. The average molecular weight is 404 g/mol. The molecule has 1 aromatic carbocycles. The number of ether oxygens (including phenoxy) is 1. The highest BCUT2D eigenvalue weighted by atomic mass is 127. The molecule has 0 aliphatic heterocycles. The molecule has 0 unspecified atom stereocenters. The van der Waals surface area contributed by atoms with Crippen LogP contribution in [0.1, 0.15) is 31.2 Å². The molecular weight excluding hydrogens is 383 g/mol. The first-order valence-electron chi connectivity index (χ1n) is 6.90. The van der Waals surface area contributed by atoms with E-state index in [1.54, 1.807) is 0 Å². The van der Waals surface area contributed by atoms with Crippen molar-refractivity contribution < 1.29 is 14.3 Å². The van der Waals surface area contributed by atoms with Gasteiger partial charge in [-0.15, -0.1) is 0 Å². The number of unbranched alkanes of at least 4 members (excludes halogenated alkanes) is 2. The van der Waals surface area contributed by atoms with E-state index in [0.717, 1.165) is 34.1 Å². The van der Waals surface area contributed by atoms with Gasteiger partial charge in [0.15, 0.2) is 0 Å². The Morgan fingerprint density at radius 1 is 1.24 bits per heavy atom. The summed E-state index contributed by atoms with van der Waals surface area (Å²) in [7, 11) is 1.39. The summed E-state index contributed by atoms with van der Waals surface area (Å²) in [5.41, 5.74) is 1.86. The Balaban J connectivity index is 2.18. The second kappa shape index (κ2) is 9.59. The molecule has 21 heavy (non-hydrogen) atoms. The Labute approximate surface area is 139 Å². The fraction of sp³-hybridized carbons (Fsp3) is 0.467. The van der Waals surface area contributed by atoms with Gasteiger partial charge >= 0.3 is 12.0 Å². The molecule has 0 fully saturated rings. The van der Waals surface area contributed by atoms with Crippen molar-refractivity contribution in [2.45, 2.75) is 32.6 Å². The summed E-state index contributed by atoms with van der Waals surface area (Å²) in [5.74, 6) is -0.185. The summed E-state index contributed by atoms with van der Waals surface area (Å²) in [6.45, 7) is 2.56. The number of carbonyl (C=O) groups is 2. The number of hydrogen-bond acceptors (Lipinski definition) is 3. The first-order chi connectivity index (χ1) is 10.0. The molecule has 0 aliphatic rings. The fourth-order valence-electron chi connectivity index (χ4n) is 1.81. The number of urea groups is 1. The number of aryl methyl sites for hydroxylation is 1. The second-order valence-electron chi connectivity index (χ2n) is 4.73. The van der Waals surface area contributed by atoms with Crippen molar-refractivity contribution in [1.29, 1.82) is 0 Å². The molecular formula is C15H21IN2O3. The molecule has 0 radical (unpaired) electrons. The number of halogens is 1. The summed E-state index contributed by atoms with van der Waals surface area (Å²) in [5, 5.41) is 5.64. The Morgan fingerprint density at radius 3 is 2.67 bits per heavy atom. The molecule has 0 spiro atoms. The summed E-state index contributed by atoms with van der Waals surface area (Å²) < 4.78 is 5.70. The van der Waals surface area contributed by atoms with Gasteiger partial charge in [-0.25, -0.2) is 4.79 Å². The number of anilines is 1. The zero-order valence-corrected chi connectivity index (χ0v) is 14.5. The van der Waals surface area contributed by atoms with E-state index < -0.39 is 0 Å². The van der Waals surface area contributed by atoms with Crippen LogP contribution in [0.3, 0.4) is 0 Å². The number of rotatable bonds is 7. The van der Waals surface area contributed by atoms with Crippen molar-refractivity contribution in [3.05, 3.63) is 27.3 Å². The maximum absolute atomic E-state index is 11.7. The molecule has 2 N–H and O–H groups in total. The van der Waals surface area contributed by atoms with Gasteiger partial charge in [-0.05, 0) is 66.1 Å². The van der Waals surface area contributed by atoms with Gasteiger partial charge < -0.3 is 15.4 Å². The molecule has 1 rings (SSSR count). The number of hydrogen-bond donors (Lipinski definition) is 2. The molecule has 0 aromatic heterocycles. The Morgan fingerprint density at radius 2 is 2.00 bits per heavy atom. The number of benzene rings is 1. The Kier molecular flexibility index (Phi) is 8.11. The molecule has 2 amide bonds. The third-order valence-electron chi connectivity index (χ3n) is 3.01. The van der Waals surface area contributed by atoms with Crippen molar-refractivity contribution in [2.24, 2.45) is 0 Å². The minimum absolute atomic E-state index is 0.185. The van der Waals surface area contributed by atoms with Gasteiger partial charge in [0, 0.05) is 22.2 Å². The molecule has 1 aromatic rings. The number of nitrogens with one attached hydrogen (secondary N) is 2. The average Bonchev–Trinajstić information content (AvgIpc) is 2.45. The highest BCUT2D eigenvalue weighted by molar-refractivity contribution is 14.1. The number of esters is 1. The summed E-state index contributed by atoms with van der Waals surface area (Å²) in [6, 6.07) is 5.67. The van der Waals surface area contributed by atoms with E-state index in [9.17, 15) is 9.59 Å². The van der Waals surface area contributed by atoms with E-state index in [-0.39, 0.29) is 12.0 Å². The third-order valence-corrected chi connectivity index (χ3v) is 3.68. The number of amides is 2. The third kappa shape index (κ3) is 7.31. The van der Waals surface area contributed by atoms with Crippen LogP contribution in [-0.4, -0.2) is 25.7 Å². The highest BCUT2D eigenvalue weighted by Crippen LogP contribution is 2.17. The van der Waals surface area contributed by atoms with Crippen molar-refractivity contribution in [2.75, 3.05) is 19.0 Å². The van der Waals surface area contributed by atoms with Gasteiger partial charge in [0.05, 0.1) is 7.11 Å². The maximum Gasteiger partial charge on any atom is 0.319 e. The van der Waals surface area contributed by atoms with Gasteiger partial charge in [-0.1, -0.05) is 6.42 Å². The molecule has 0 saturated carbocycles. The van der Waals surface area contributed by atoms with Gasteiger partial charge in [0.2, 0.25) is 0 Å². The SMILES string of the molecule is COC(=O)CCCCCNC(=O)Nc1ccc(I)cc1C. The lowest BCUT2D eigenvalue weighted by Crippen LogP contribution is -2.29. The Bertz CT molecular complexity index is 492. The summed E-state index contributed by atoms with van der Waals surface area (Å²) >= 11 is 2.24. The van der Waals surface area contributed by atoms with Crippen LogP contribution in [0.2, 0.25) is 0 Å². The maximum atomic E-state index is 11.7. The summed E-state index contributed by atoms with van der Waals surface area (Å²) in [6.07, 6.45) is 2.95. The van der Waals surface area contributed by atoms with E-state index in [1.165, 1.54) is 7.11 Å². The van der Waals surface area contributed by atoms with Crippen LogP contribution in [0.4, 0.5) is 10.5 Å². The normalized spacial score (nSPS) is 10.0. The van der Waals surface area contributed by atoms with Crippen molar-refractivity contribution >= 4 is 40.3 Å². The van der Waals surface area contributed by atoms with E-state index in [2.05, 4.69) is 38.0 Å². The largest absolute Gasteiger partial charge is 0.469 e. The quantitative estimate of drug-likeness (QED) is 0.416. The van der Waals surface area contributed by atoms with Crippen LogP contribution in [0.25, 0.3) is 0 Å². The van der Waals surface area contributed by atoms with Crippen LogP contribution >= 0.6 is 22.6 Å². The van der Waals surface area contributed by atoms with Crippen LogP contribution in [0, 0.1) is 10.5 Å². The van der Waals surface area contributed by atoms with E-state index in [4.69, 9.17) is 0 Å². The molecule has 0 heterocycles. The molecule has 0 bridgehead atoms. The van der Waals surface area contributed by atoms with Crippen LogP contribution in [-0.2, 0) is 9.53 Å². The van der Waals surface area contributed by atoms with E-state index in [0.29, 0.717) is 13.0 Å². The standard InChI is InChI=1S/C15H21IN2O3/c1-11-10-12(16)7-8-13(11)18-15(20)17-9-5-3-4-6-14(19)21-2/h7-8,10H,3-6,9H2,1-2H3,(H2,17,18,20). The van der Waals surface area contributed by atoms with Gasteiger partial charge in [0.25, 0.3) is 0 Å². The monoisotopic (exact) mass is 404 g/mol. The lowest BCUT2D eigenvalue weighted by Gasteiger charge is -2.10. The molecule has 6 heteroatoms. The minimum Gasteiger partial charge on any atom is -0.469 e. The van der Waals surface area contributed by atoms with E-state index >= 15 is 0 Å². The van der Waals surface area contributed by atoms with Gasteiger partial charge in [-0.3, -0.25) is 4.79 Å². The molecule has 0 aliphatic carbocycles. The first-order valence-corrected chi connectivity index (χ1v) is 7.98. The highest BCUT2D eigenvalue weighted by Gasteiger charge is 2.04. The fourth-order valence-corrected chi connectivity index (χ4v) is 2.46. The summed E-state index contributed by atoms with van der Waals surface area (Å²) in [4.78, 5) is 22.6. The van der Waals surface area contributed by atoms with Crippen LogP contribution in [0.15, 0.2) is 18.2 Å². The topological polar surface area (TPSA) is 67.4 Å². The number of methoxy groups -OCH3 is 1. The predicted molar refractivity (Wildman–Crippen MR) is 91.4 cm³/mol. The molecule has 5 nitrogen and oxygen atoms in total. The van der Waals surface area contributed by atoms with Crippen LogP contribution < -0.4 is 10.6 Å². The van der Waals surface area contributed by atoms with Crippen LogP contribution in [0.5, 0.6) is 0 Å². The minimum atomic E-state index is -0.202. The van der Waals surface area contributed by atoms with E-state index in [1.807, 2.05) is 25.1 Å². The lowest BCUT2D eigenvalue weighted by atomic mass is 10.2. The predicted octanol–water partition coefficient (Wildman–Crippen LogP) is 3.45. The van der Waals surface area contributed by atoms with Crippen molar-refractivity contribution in [3.8, 4) is 0 Å². The van der Waals surface area contributed by atoms with Gasteiger partial charge in [0.1, 0.15) is 0 Å². The lowest BCUT2D eigenvalue weighted by molar-refractivity contribution is -0.140. The zero-order valence-electron chi connectivity index (χ0n) is 12.4. The van der Waals surface area contributed by atoms with Gasteiger partial charge in [-0.2, -0.15) is 0 Å².